The Hall–Kier alpha value is -4.34. The predicted octanol–water partition coefficient (Wildman–Crippen LogP) is 3.97. The van der Waals surface area contributed by atoms with Crippen molar-refractivity contribution in [2.24, 2.45) is 0 Å². The van der Waals surface area contributed by atoms with Crippen LogP contribution in [-0.2, 0) is 16.1 Å². The third kappa shape index (κ3) is 7.54. The van der Waals surface area contributed by atoms with Gasteiger partial charge in [-0.1, -0.05) is 15.9 Å². The van der Waals surface area contributed by atoms with Crippen LogP contribution in [0.3, 0.4) is 0 Å². The van der Waals surface area contributed by atoms with E-state index < -0.39 is 17.1 Å². The molecule has 2 aliphatic rings. The number of anilines is 2. The predicted molar refractivity (Wildman–Crippen MR) is 173 cm³/mol. The summed E-state index contributed by atoms with van der Waals surface area (Å²) in [6, 6.07) is 7.57. The van der Waals surface area contributed by atoms with Crippen LogP contribution in [0.5, 0.6) is 5.88 Å². The molecule has 15 heteroatoms. The molecule has 2 N–H and O–H groups in total. The van der Waals surface area contributed by atoms with Crippen molar-refractivity contribution in [1.29, 1.82) is 0 Å². The first-order valence-corrected chi connectivity index (χ1v) is 15.6. The minimum absolute atomic E-state index is 0.0582. The third-order valence-corrected chi connectivity index (χ3v) is 8.30. The smallest absolute Gasteiger partial charge is 0.294 e. The number of nitrogens with zero attached hydrogens (tertiary/aromatic N) is 5. The largest absolute Gasteiger partial charge is 0.481 e. The molecule has 2 aliphatic heterocycles. The molecule has 4 atom stereocenters. The minimum atomic E-state index is -0.607. The molecule has 2 fully saturated rings. The number of nitro groups is 1. The number of likely N-dealkylation sites (tertiary alicyclic amines) is 1. The van der Waals surface area contributed by atoms with E-state index >= 15 is 0 Å². The number of nitro benzene ring substituents is 1. The van der Waals surface area contributed by atoms with E-state index in [2.05, 4.69) is 36.5 Å². The molecule has 2 aromatic heterocycles. The normalized spacial score (nSPS) is 21.2. The summed E-state index contributed by atoms with van der Waals surface area (Å²) < 4.78 is 17.7. The molecule has 0 aliphatic carbocycles. The van der Waals surface area contributed by atoms with Gasteiger partial charge in [0.2, 0.25) is 5.88 Å². The van der Waals surface area contributed by atoms with E-state index in [1.54, 1.807) is 47.4 Å². The van der Waals surface area contributed by atoms with E-state index in [0.717, 1.165) is 5.56 Å². The summed E-state index contributed by atoms with van der Waals surface area (Å²) in [6.45, 7) is 4.95. The van der Waals surface area contributed by atoms with Crippen molar-refractivity contribution in [3.05, 3.63) is 80.2 Å². The van der Waals surface area contributed by atoms with Gasteiger partial charge in [-0.05, 0) is 37.6 Å². The molecule has 3 aromatic rings. The van der Waals surface area contributed by atoms with Gasteiger partial charge in [-0.3, -0.25) is 24.7 Å². The number of halogens is 1. The Morgan fingerprint density at radius 2 is 1.80 bits per heavy atom. The molecule has 0 bridgehead atoms. The highest BCUT2D eigenvalue weighted by molar-refractivity contribution is 9.10. The zero-order valence-corrected chi connectivity index (χ0v) is 27.5. The number of ether oxygens (including phenoxy) is 3. The van der Waals surface area contributed by atoms with Gasteiger partial charge in [0, 0.05) is 68.4 Å². The van der Waals surface area contributed by atoms with E-state index in [0.29, 0.717) is 34.7 Å². The maximum atomic E-state index is 13.9. The Kier molecular flexibility index (Phi) is 10.3. The number of pyridine rings is 2. The molecule has 0 saturated carbocycles. The Morgan fingerprint density at radius 1 is 1.07 bits per heavy atom. The summed E-state index contributed by atoms with van der Waals surface area (Å²) in [7, 11) is 3.27. The van der Waals surface area contributed by atoms with E-state index in [-0.39, 0.29) is 60.7 Å². The topological polar surface area (TPSA) is 161 Å². The summed E-state index contributed by atoms with van der Waals surface area (Å²) in [5.74, 6) is -0.176. The van der Waals surface area contributed by atoms with Crippen LogP contribution in [0.1, 0.15) is 40.1 Å². The van der Waals surface area contributed by atoms with E-state index in [1.807, 2.05) is 19.9 Å². The van der Waals surface area contributed by atoms with E-state index in [4.69, 9.17) is 14.2 Å². The lowest BCUT2D eigenvalue weighted by molar-refractivity contribution is -0.384. The van der Waals surface area contributed by atoms with Gasteiger partial charge in [-0.15, -0.1) is 0 Å². The Bertz CT molecular complexity index is 1580. The van der Waals surface area contributed by atoms with Gasteiger partial charge in [0.15, 0.2) is 0 Å². The number of methoxy groups -OCH3 is 1. The molecular weight excluding hydrogens is 662 g/mol. The SMILES string of the molecule is CNc1cncc(C(=O)N2C[C@H](Nc3c(C(=O)N4C[C@@H](C)O[C@@H](C)C4)cc(Br)cc3[N+](=O)[O-])[C@@H](OCc3ccc(OC)nc3)C2)c1. The molecule has 4 heterocycles. The van der Waals surface area contributed by atoms with Gasteiger partial charge >= 0.3 is 0 Å². The molecule has 2 amide bonds. The number of amides is 2. The number of morpholine rings is 1. The highest BCUT2D eigenvalue weighted by Gasteiger charge is 2.39. The van der Waals surface area contributed by atoms with Crippen molar-refractivity contribution in [1.82, 2.24) is 19.8 Å². The Morgan fingerprint density at radius 3 is 2.46 bits per heavy atom. The quantitative estimate of drug-likeness (QED) is 0.233. The Labute approximate surface area is 274 Å². The van der Waals surface area contributed by atoms with Crippen LogP contribution in [0.2, 0.25) is 0 Å². The third-order valence-electron chi connectivity index (χ3n) is 7.84. The lowest BCUT2D eigenvalue weighted by Gasteiger charge is -2.35. The highest BCUT2D eigenvalue weighted by atomic mass is 79.9. The average molecular weight is 699 g/mol. The lowest BCUT2D eigenvalue weighted by Crippen LogP contribution is -2.48. The fourth-order valence-electron chi connectivity index (χ4n) is 5.70. The molecule has 5 rings (SSSR count). The second-order valence-electron chi connectivity index (χ2n) is 11.3. The monoisotopic (exact) mass is 697 g/mol. The van der Waals surface area contributed by atoms with Gasteiger partial charge in [-0.25, -0.2) is 4.98 Å². The van der Waals surface area contributed by atoms with E-state index in [9.17, 15) is 19.7 Å². The van der Waals surface area contributed by atoms with Gasteiger partial charge in [-0.2, -0.15) is 0 Å². The molecule has 0 unspecified atom stereocenters. The number of benzene rings is 1. The average Bonchev–Trinajstić information content (AvgIpc) is 3.45. The first kappa shape index (κ1) is 33.0. The van der Waals surface area contributed by atoms with Gasteiger partial charge in [0.1, 0.15) is 5.69 Å². The molecule has 244 valence electrons. The van der Waals surface area contributed by atoms with Crippen LogP contribution in [0.25, 0.3) is 0 Å². The number of hydrogen-bond acceptors (Lipinski definition) is 11. The summed E-state index contributed by atoms with van der Waals surface area (Å²) in [5.41, 5.74) is 1.75. The first-order chi connectivity index (χ1) is 22.1. The number of carbonyl (C=O) groups is 2. The second kappa shape index (κ2) is 14.4. The fraction of sp³-hybridized carbons (Fsp3) is 0.419. The maximum absolute atomic E-state index is 13.9. The first-order valence-electron chi connectivity index (χ1n) is 14.8. The van der Waals surface area contributed by atoms with Gasteiger partial charge in [0.25, 0.3) is 17.5 Å². The summed E-state index contributed by atoms with van der Waals surface area (Å²) in [5, 5.41) is 18.6. The zero-order valence-electron chi connectivity index (χ0n) is 25.9. The molecule has 2 saturated heterocycles. The maximum Gasteiger partial charge on any atom is 0.294 e. The second-order valence-corrected chi connectivity index (χ2v) is 12.2. The van der Waals surface area contributed by atoms with Crippen molar-refractivity contribution in [3.8, 4) is 5.88 Å². The summed E-state index contributed by atoms with van der Waals surface area (Å²) in [6.07, 6.45) is 3.75. The number of hydrogen-bond donors (Lipinski definition) is 2. The van der Waals surface area contributed by atoms with Crippen molar-refractivity contribution >= 4 is 44.8 Å². The fourth-order valence-corrected chi connectivity index (χ4v) is 6.15. The minimum Gasteiger partial charge on any atom is -0.481 e. The zero-order chi connectivity index (χ0) is 33.0. The van der Waals surface area contributed by atoms with Crippen molar-refractivity contribution in [2.45, 2.75) is 44.8 Å². The van der Waals surface area contributed by atoms with Gasteiger partial charge in [0.05, 0.1) is 59.8 Å². The van der Waals surface area contributed by atoms with E-state index in [1.165, 1.54) is 19.4 Å². The Balaban J connectivity index is 1.47. The van der Waals surface area contributed by atoms with Crippen molar-refractivity contribution in [2.75, 3.05) is 51.0 Å². The highest BCUT2D eigenvalue weighted by Crippen LogP contribution is 2.36. The van der Waals surface area contributed by atoms with Crippen LogP contribution in [0, 0.1) is 10.1 Å². The molecular formula is C31H36BrN7O7. The van der Waals surface area contributed by atoms with Crippen LogP contribution in [0.15, 0.2) is 53.4 Å². The van der Waals surface area contributed by atoms with Crippen LogP contribution >= 0.6 is 15.9 Å². The standard InChI is InChI=1S/C31H36BrN7O7/c1-18-13-37(14-19(2)46-18)31(41)24-8-22(32)9-26(39(42)43)29(24)36-25-15-38(30(40)21-7-23(33-3)12-34-11-21)16-27(25)45-17-20-5-6-28(44-4)35-10-20/h5-12,18-19,25,27,33,36H,13-17H2,1-4H3/t18-,19+,25-,27-/m0/s1. The number of carbonyl (C=O) groups excluding carboxylic acids is 2. The van der Waals surface area contributed by atoms with Crippen molar-refractivity contribution in [3.63, 3.8) is 0 Å². The van der Waals surface area contributed by atoms with Crippen LogP contribution in [-0.4, -0.2) is 101 Å². The van der Waals surface area contributed by atoms with Crippen LogP contribution < -0.4 is 15.4 Å². The molecule has 14 nitrogen and oxygen atoms in total. The van der Waals surface area contributed by atoms with Crippen molar-refractivity contribution < 1.29 is 28.7 Å². The molecule has 0 spiro atoms. The molecule has 0 radical (unpaired) electrons. The van der Waals surface area contributed by atoms with Crippen LogP contribution in [0.4, 0.5) is 17.1 Å². The molecule has 46 heavy (non-hydrogen) atoms. The molecule has 1 aromatic carbocycles. The number of aromatic nitrogens is 2. The summed E-state index contributed by atoms with van der Waals surface area (Å²) >= 11 is 3.35. The summed E-state index contributed by atoms with van der Waals surface area (Å²) in [4.78, 5) is 51.0. The van der Waals surface area contributed by atoms with Gasteiger partial charge < -0.3 is 34.6 Å². The lowest BCUT2D eigenvalue weighted by atomic mass is 10.1. The number of rotatable bonds is 10. The number of nitrogens with one attached hydrogen (secondary N) is 2.